The maximum absolute atomic E-state index is 11.7. The van der Waals surface area contributed by atoms with Crippen molar-refractivity contribution in [3.05, 3.63) is 29.2 Å². The van der Waals surface area contributed by atoms with E-state index in [1.165, 1.54) is 18.4 Å². The van der Waals surface area contributed by atoms with Crippen LogP contribution in [-0.4, -0.2) is 29.9 Å². The molecule has 0 saturated carbocycles. The van der Waals surface area contributed by atoms with Crippen LogP contribution < -0.4 is 5.32 Å². The molecule has 6 nitrogen and oxygen atoms in total. The highest BCUT2D eigenvalue weighted by molar-refractivity contribution is 7.97. The average Bonchev–Trinajstić information content (AvgIpc) is 2.88. The predicted octanol–water partition coefficient (Wildman–Crippen LogP) is 3.05. The molecule has 106 valence electrons. The predicted molar refractivity (Wildman–Crippen MR) is 81.9 cm³/mol. The first kappa shape index (κ1) is 14.7. The number of methoxy groups -OCH3 is 1. The summed E-state index contributed by atoms with van der Waals surface area (Å²) in [7, 11) is 1.33. The van der Waals surface area contributed by atoms with Crippen LogP contribution in [0.3, 0.4) is 0 Å². The topological polar surface area (TPSA) is 80.6 Å². The zero-order chi connectivity index (χ0) is 14.4. The number of fused-ring (bicyclic) bond motifs is 1. The van der Waals surface area contributed by atoms with Crippen LogP contribution in [0.15, 0.2) is 28.8 Å². The van der Waals surface area contributed by atoms with E-state index in [0.717, 1.165) is 22.2 Å². The fourth-order valence-electron chi connectivity index (χ4n) is 1.68. The minimum Gasteiger partial charge on any atom is -0.467 e. The molecule has 0 fully saturated rings. The Morgan fingerprint density at radius 1 is 1.55 bits per heavy atom. The first-order valence-electron chi connectivity index (χ1n) is 5.89. The molecule has 0 amide bonds. The molecule has 0 aliphatic heterocycles. The van der Waals surface area contributed by atoms with Crippen molar-refractivity contribution < 1.29 is 9.53 Å². The van der Waals surface area contributed by atoms with Crippen LogP contribution in [0.5, 0.6) is 0 Å². The van der Waals surface area contributed by atoms with Crippen molar-refractivity contribution in [2.45, 2.75) is 12.5 Å². The average molecular weight is 311 g/mol. The summed E-state index contributed by atoms with van der Waals surface area (Å²) in [5, 5.41) is 3.71. The van der Waals surface area contributed by atoms with Gasteiger partial charge in [0.25, 0.3) is 0 Å². The van der Waals surface area contributed by atoms with Gasteiger partial charge in [-0.15, -0.1) is 4.91 Å². The van der Waals surface area contributed by atoms with Crippen LogP contribution in [-0.2, 0) is 9.53 Å². The number of thiazole rings is 1. The molecule has 1 N–H and O–H groups in total. The molecule has 0 radical (unpaired) electrons. The molecule has 0 spiro atoms. The Balaban J connectivity index is 2.09. The summed E-state index contributed by atoms with van der Waals surface area (Å²) in [6, 6.07) is 7.20. The SMILES string of the molecule is COC(=O)[C@@H](CCSN=O)Nc1nc2ccccc2s1. The van der Waals surface area contributed by atoms with Crippen molar-refractivity contribution in [2.24, 2.45) is 4.58 Å². The van der Waals surface area contributed by atoms with Crippen molar-refractivity contribution in [2.75, 3.05) is 18.2 Å². The minimum atomic E-state index is -0.533. The molecular formula is C12H13N3O3S2. The van der Waals surface area contributed by atoms with Crippen LogP contribution in [0.25, 0.3) is 10.2 Å². The maximum atomic E-state index is 11.7. The molecule has 0 bridgehead atoms. The number of carbonyl (C=O) groups excluding carboxylic acids is 1. The number of hydrogen-bond acceptors (Lipinski definition) is 8. The van der Waals surface area contributed by atoms with E-state index in [9.17, 15) is 9.70 Å². The summed E-state index contributed by atoms with van der Waals surface area (Å²) in [5.74, 6) is 0.0667. The number of para-hydroxylation sites is 1. The van der Waals surface area contributed by atoms with Crippen LogP contribution in [0, 0.1) is 4.91 Å². The van der Waals surface area contributed by atoms with E-state index in [2.05, 4.69) is 14.9 Å². The summed E-state index contributed by atoms with van der Waals surface area (Å²) in [4.78, 5) is 26.2. The molecule has 0 saturated heterocycles. The third-order valence-corrected chi connectivity index (χ3v) is 4.12. The van der Waals surface area contributed by atoms with Gasteiger partial charge >= 0.3 is 5.97 Å². The fourth-order valence-corrected chi connectivity index (χ4v) is 3.02. The van der Waals surface area contributed by atoms with Crippen molar-refractivity contribution in [3.8, 4) is 0 Å². The number of esters is 1. The summed E-state index contributed by atoms with van der Waals surface area (Å²) < 4.78 is 8.50. The molecule has 2 aromatic rings. The number of rotatable bonds is 7. The van der Waals surface area contributed by atoms with E-state index in [0.29, 0.717) is 17.3 Å². The number of benzene rings is 1. The second-order valence-corrected chi connectivity index (χ2v) is 5.75. The summed E-state index contributed by atoms with van der Waals surface area (Å²) in [6.07, 6.45) is 0.443. The van der Waals surface area contributed by atoms with Gasteiger partial charge in [-0.2, -0.15) is 0 Å². The van der Waals surface area contributed by atoms with Crippen molar-refractivity contribution in [1.82, 2.24) is 4.98 Å². The summed E-state index contributed by atoms with van der Waals surface area (Å²) in [5.41, 5.74) is 0.882. The van der Waals surface area contributed by atoms with E-state index >= 15 is 0 Å². The molecular weight excluding hydrogens is 298 g/mol. The fraction of sp³-hybridized carbons (Fsp3) is 0.333. The molecule has 1 aromatic carbocycles. The number of nitrogens with one attached hydrogen (secondary N) is 1. The molecule has 0 aliphatic carbocycles. The number of anilines is 1. The smallest absolute Gasteiger partial charge is 0.328 e. The highest BCUT2D eigenvalue weighted by atomic mass is 32.2. The minimum absolute atomic E-state index is 0.379. The second kappa shape index (κ2) is 7.20. The Bertz CT molecular complexity index is 569. The van der Waals surface area contributed by atoms with Crippen LogP contribution in [0.4, 0.5) is 5.13 Å². The molecule has 1 atom stereocenters. The molecule has 1 heterocycles. The number of nitroso groups, excluding NO2 is 1. The number of hydrogen-bond donors (Lipinski definition) is 1. The molecule has 2 rings (SSSR count). The molecule has 0 aliphatic rings. The highest BCUT2D eigenvalue weighted by Gasteiger charge is 2.20. The Morgan fingerprint density at radius 2 is 2.35 bits per heavy atom. The monoisotopic (exact) mass is 311 g/mol. The quantitative estimate of drug-likeness (QED) is 0.366. The van der Waals surface area contributed by atoms with Gasteiger partial charge in [0.15, 0.2) is 5.13 Å². The van der Waals surface area contributed by atoms with E-state index < -0.39 is 6.04 Å². The number of carbonyl (C=O) groups is 1. The molecule has 0 unspecified atom stereocenters. The Hall–Kier alpha value is -1.67. The molecule has 20 heavy (non-hydrogen) atoms. The number of ether oxygens (including phenoxy) is 1. The first-order valence-corrected chi connectivity index (χ1v) is 7.65. The van der Waals surface area contributed by atoms with Gasteiger partial charge in [0.05, 0.1) is 17.3 Å². The largest absolute Gasteiger partial charge is 0.467 e. The lowest BCUT2D eigenvalue weighted by molar-refractivity contribution is -0.141. The van der Waals surface area contributed by atoms with Crippen LogP contribution in [0.2, 0.25) is 0 Å². The van der Waals surface area contributed by atoms with Crippen LogP contribution >= 0.6 is 23.3 Å². The van der Waals surface area contributed by atoms with E-state index in [1.807, 2.05) is 24.3 Å². The number of nitrogens with zero attached hydrogens (tertiary/aromatic N) is 2. The molecule has 8 heteroatoms. The lowest BCUT2D eigenvalue weighted by atomic mass is 10.2. The van der Waals surface area contributed by atoms with Gasteiger partial charge in [-0.25, -0.2) is 9.78 Å². The highest BCUT2D eigenvalue weighted by Crippen LogP contribution is 2.26. The van der Waals surface area contributed by atoms with E-state index in [4.69, 9.17) is 4.74 Å². The van der Waals surface area contributed by atoms with E-state index in [-0.39, 0.29) is 5.97 Å². The third-order valence-electron chi connectivity index (χ3n) is 2.63. The normalized spacial score (nSPS) is 12.1. The Kier molecular flexibility index (Phi) is 5.31. The van der Waals surface area contributed by atoms with Gasteiger partial charge in [0.1, 0.15) is 6.04 Å². The second-order valence-electron chi connectivity index (χ2n) is 3.90. The zero-order valence-corrected chi connectivity index (χ0v) is 12.4. The van der Waals surface area contributed by atoms with Gasteiger partial charge in [-0.05, 0) is 18.6 Å². The van der Waals surface area contributed by atoms with Crippen molar-refractivity contribution in [1.29, 1.82) is 0 Å². The molecule has 1 aromatic heterocycles. The summed E-state index contributed by atoms with van der Waals surface area (Å²) >= 11 is 2.36. The Labute approximate surface area is 124 Å². The maximum Gasteiger partial charge on any atom is 0.328 e. The van der Waals surface area contributed by atoms with Gasteiger partial charge in [-0.1, -0.05) is 23.5 Å². The van der Waals surface area contributed by atoms with Gasteiger partial charge in [-0.3, -0.25) is 0 Å². The third kappa shape index (κ3) is 3.67. The first-order chi connectivity index (χ1) is 9.74. The standard InChI is InChI=1S/C12H13N3O3S2/c1-18-11(16)9(6-7-19-15-17)14-12-13-8-4-2-3-5-10(8)20-12/h2-5,9H,6-7H2,1H3,(H,13,14)/t9-/m1/s1. The van der Waals surface area contributed by atoms with Gasteiger partial charge < -0.3 is 10.1 Å². The zero-order valence-electron chi connectivity index (χ0n) is 10.7. The van der Waals surface area contributed by atoms with Gasteiger partial charge in [0, 0.05) is 22.3 Å². The van der Waals surface area contributed by atoms with Gasteiger partial charge in [0.2, 0.25) is 0 Å². The number of aromatic nitrogens is 1. The van der Waals surface area contributed by atoms with Crippen molar-refractivity contribution >= 4 is 44.6 Å². The van der Waals surface area contributed by atoms with Crippen molar-refractivity contribution in [3.63, 3.8) is 0 Å². The Morgan fingerprint density at radius 3 is 3.05 bits per heavy atom. The lowest BCUT2D eigenvalue weighted by Gasteiger charge is -2.14. The van der Waals surface area contributed by atoms with E-state index in [1.54, 1.807) is 0 Å². The van der Waals surface area contributed by atoms with Crippen LogP contribution in [0.1, 0.15) is 6.42 Å². The summed E-state index contributed by atoms with van der Waals surface area (Å²) in [6.45, 7) is 0. The lowest BCUT2D eigenvalue weighted by Crippen LogP contribution is -2.31.